The van der Waals surface area contributed by atoms with Gasteiger partial charge in [-0.25, -0.2) is 4.98 Å². The van der Waals surface area contributed by atoms with E-state index in [0.29, 0.717) is 21.8 Å². The van der Waals surface area contributed by atoms with Crippen molar-refractivity contribution >= 4 is 39.1 Å². The molecule has 0 atom stereocenters. The van der Waals surface area contributed by atoms with Crippen LogP contribution in [0.4, 0.5) is 0 Å². The first kappa shape index (κ1) is 19.4. The van der Waals surface area contributed by atoms with Gasteiger partial charge in [0.15, 0.2) is 0 Å². The molecule has 29 heavy (non-hydrogen) atoms. The van der Waals surface area contributed by atoms with Crippen molar-refractivity contribution in [3.8, 4) is 11.1 Å². The van der Waals surface area contributed by atoms with Crippen molar-refractivity contribution in [2.24, 2.45) is 0 Å². The van der Waals surface area contributed by atoms with Gasteiger partial charge in [0.1, 0.15) is 11.4 Å². The Hall–Kier alpha value is -2.96. The summed E-state index contributed by atoms with van der Waals surface area (Å²) in [6.07, 6.45) is 1.44. The fraction of sp³-hybridized carbons (Fsp3) is 0.136. The molecule has 7 heteroatoms. The molecule has 0 saturated carbocycles. The molecule has 2 heterocycles. The quantitative estimate of drug-likeness (QED) is 0.517. The second-order valence-corrected chi connectivity index (χ2v) is 8.30. The molecule has 2 aromatic heterocycles. The monoisotopic (exact) mass is 423 g/mol. The van der Waals surface area contributed by atoms with Crippen molar-refractivity contribution in [3.05, 3.63) is 86.7 Å². The van der Waals surface area contributed by atoms with Gasteiger partial charge in [0, 0.05) is 22.0 Å². The maximum Gasteiger partial charge on any atom is 0.263 e. The van der Waals surface area contributed by atoms with Crippen molar-refractivity contribution in [1.29, 1.82) is 0 Å². The van der Waals surface area contributed by atoms with Crippen molar-refractivity contribution < 1.29 is 4.79 Å². The highest BCUT2D eigenvalue weighted by Crippen LogP contribution is 2.35. The zero-order valence-electron chi connectivity index (χ0n) is 15.7. The van der Waals surface area contributed by atoms with Crippen LogP contribution in [-0.2, 0) is 17.9 Å². The first-order valence-corrected chi connectivity index (χ1v) is 10.3. The average Bonchev–Trinajstić information content (AvgIpc) is 3.07. The number of amides is 1. The zero-order valence-corrected chi connectivity index (χ0v) is 17.3. The maximum atomic E-state index is 13.1. The minimum atomic E-state index is -0.239. The maximum absolute atomic E-state index is 13.1. The Labute approximate surface area is 176 Å². The van der Waals surface area contributed by atoms with Gasteiger partial charge in [-0.05, 0) is 30.2 Å². The predicted molar refractivity (Wildman–Crippen MR) is 117 cm³/mol. The Bertz CT molecular complexity index is 1230. The molecule has 0 aliphatic heterocycles. The van der Waals surface area contributed by atoms with Crippen LogP contribution in [0.1, 0.15) is 10.4 Å². The second kappa shape index (κ2) is 8.19. The summed E-state index contributed by atoms with van der Waals surface area (Å²) >= 11 is 7.47. The predicted octanol–water partition coefficient (Wildman–Crippen LogP) is 4.40. The van der Waals surface area contributed by atoms with Crippen molar-refractivity contribution in [2.75, 3.05) is 0 Å². The molecule has 5 nitrogen and oxygen atoms in total. The molecule has 0 radical (unpaired) electrons. The van der Waals surface area contributed by atoms with Crippen LogP contribution in [0.3, 0.4) is 0 Å². The van der Waals surface area contributed by atoms with E-state index in [0.717, 1.165) is 21.6 Å². The summed E-state index contributed by atoms with van der Waals surface area (Å²) in [4.78, 5) is 31.6. The number of aromatic nitrogens is 2. The minimum Gasteiger partial charge on any atom is -0.350 e. The molecule has 4 aromatic rings. The fourth-order valence-electron chi connectivity index (χ4n) is 3.22. The molecule has 0 unspecified atom stereocenters. The Kier molecular flexibility index (Phi) is 5.47. The van der Waals surface area contributed by atoms with Crippen LogP contribution >= 0.6 is 22.9 Å². The lowest BCUT2D eigenvalue weighted by Gasteiger charge is -2.08. The van der Waals surface area contributed by atoms with Crippen LogP contribution in [0, 0.1) is 6.92 Å². The van der Waals surface area contributed by atoms with Gasteiger partial charge in [-0.1, -0.05) is 54.1 Å². The van der Waals surface area contributed by atoms with Gasteiger partial charge in [-0.15, -0.1) is 11.3 Å². The van der Waals surface area contributed by atoms with E-state index < -0.39 is 0 Å². The number of rotatable bonds is 5. The fourth-order valence-corrected chi connectivity index (χ4v) is 4.35. The van der Waals surface area contributed by atoms with Crippen molar-refractivity contribution in [2.45, 2.75) is 20.0 Å². The highest BCUT2D eigenvalue weighted by atomic mass is 35.5. The highest BCUT2D eigenvalue weighted by Gasteiger charge is 2.17. The molecule has 0 aliphatic rings. The van der Waals surface area contributed by atoms with E-state index in [1.165, 1.54) is 22.2 Å². The normalized spacial score (nSPS) is 11.0. The lowest BCUT2D eigenvalue weighted by atomic mass is 10.0. The molecule has 2 aromatic carbocycles. The molecule has 4 rings (SSSR count). The number of halogens is 1. The van der Waals surface area contributed by atoms with E-state index in [2.05, 4.69) is 10.3 Å². The largest absolute Gasteiger partial charge is 0.350 e. The topological polar surface area (TPSA) is 64.0 Å². The van der Waals surface area contributed by atoms with Gasteiger partial charge in [0.05, 0.1) is 11.7 Å². The van der Waals surface area contributed by atoms with Gasteiger partial charge >= 0.3 is 0 Å². The molecule has 0 spiro atoms. The molecule has 1 amide bonds. The summed E-state index contributed by atoms with van der Waals surface area (Å²) < 4.78 is 1.36. The van der Waals surface area contributed by atoms with E-state index in [4.69, 9.17) is 11.6 Å². The van der Waals surface area contributed by atoms with Gasteiger partial charge in [-0.3, -0.25) is 14.2 Å². The van der Waals surface area contributed by atoms with E-state index in [1.807, 2.05) is 49.4 Å². The summed E-state index contributed by atoms with van der Waals surface area (Å²) in [5.41, 5.74) is 2.53. The lowest BCUT2D eigenvalue weighted by molar-refractivity contribution is -0.121. The Balaban J connectivity index is 1.63. The number of fused-ring (bicyclic) bond motifs is 1. The molecule has 0 fully saturated rings. The van der Waals surface area contributed by atoms with Gasteiger partial charge in [0.2, 0.25) is 5.91 Å². The SMILES string of the molecule is Cc1sc2ncn(CC(=O)NCc3ccccc3)c(=O)c2c1-c1ccc(Cl)cc1. The number of benzene rings is 2. The summed E-state index contributed by atoms with van der Waals surface area (Å²) in [6.45, 7) is 2.30. The molecule has 0 bridgehead atoms. The van der Waals surface area contributed by atoms with Crippen LogP contribution in [0.5, 0.6) is 0 Å². The number of hydrogen-bond acceptors (Lipinski definition) is 4. The number of nitrogens with zero attached hydrogens (tertiary/aromatic N) is 2. The third kappa shape index (κ3) is 4.09. The molecular formula is C22H18ClN3O2S. The van der Waals surface area contributed by atoms with Crippen molar-refractivity contribution in [1.82, 2.24) is 14.9 Å². The number of carbonyl (C=O) groups excluding carboxylic acids is 1. The van der Waals surface area contributed by atoms with E-state index in [9.17, 15) is 9.59 Å². The molecular weight excluding hydrogens is 406 g/mol. The van der Waals surface area contributed by atoms with Gasteiger partial charge in [0.25, 0.3) is 5.56 Å². The average molecular weight is 424 g/mol. The number of nitrogens with one attached hydrogen (secondary N) is 1. The van der Waals surface area contributed by atoms with Crippen LogP contribution in [0.25, 0.3) is 21.3 Å². The Morgan fingerprint density at radius 1 is 1.14 bits per heavy atom. The summed E-state index contributed by atoms with van der Waals surface area (Å²) in [5, 5.41) is 4.01. The number of hydrogen-bond donors (Lipinski definition) is 1. The molecule has 146 valence electrons. The molecule has 0 aliphatic carbocycles. The number of carbonyl (C=O) groups is 1. The third-order valence-electron chi connectivity index (χ3n) is 4.63. The van der Waals surface area contributed by atoms with Crippen LogP contribution in [0.15, 0.2) is 65.7 Å². The van der Waals surface area contributed by atoms with Crippen LogP contribution in [-0.4, -0.2) is 15.5 Å². The zero-order chi connectivity index (χ0) is 20.4. The summed E-state index contributed by atoms with van der Waals surface area (Å²) in [5.74, 6) is -0.239. The van der Waals surface area contributed by atoms with Gasteiger partial charge in [-0.2, -0.15) is 0 Å². The first-order chi connectivity index (χ1) is 14.0. The second-order valence-electron chi connectivity index (χ2n) is 6.66. The number of aryl methyl sites for hydroxylation is 1. The standard InChI is InChI=1S/C22H18ClN3O2S/c1-14-19(16-7-9-17(23)10-8-16)20-21(29-14)25-13-26(22(20)28)12-18(27)24-11-15-5-3-2-4-6-15/h2-10,13H,11-12H2,1H3,(H,24,27). The number of thiophene rings is 1. The van der Waals surface area contributed by atoms with Crippen LogP contribution in [0.2, 0.25) is 5.02 Å². The Morgan fingerprint density at radius 2 is 1.86 bits per heavy atom. The minimum absolute atomic E-state index is 0.0798. The Morgan fingerprint density at radius 3 is 2.59 bits per heavy atom. The van der Waals surface area contributed by atoms with E-state index in [1.54, 1.807) is 12.1 Å². The van der Waals surface area contributed by atoms with Crippen LogP contribution < -0.4 is 10.9 Å². The van der Waals surface area contributed by atoms with E-state index >= 15 is 0 Å². The van der Waals surface area contributed by atoms with Gasteiger partial charge < -0.3 is 5.32 Å². The molecule has 1 N–H and O–H groups in total. The molecule has 0 saturated heterocycles. The lowest BCUT2D eigenvalue weighted by Crippen LogP contribution is -2.32. The van der Waals surface area contributed by atoms with Crippen molar-refractivity contribution in [3.63, 3.8) is 0 Å². The summed E-state index contributed by atoms with van der Waals surface area (Å²) in [6, 6.07) is 17.0. The smallest absolute Gasteiger partial charge is 0.263 e. The first-order valence-electron chi connectivity index (χ1n) is 9.08. The third-order valence-corrected chi connectivity index (χ3v) is 5.90. The van der Waals surface area contributed by atoms with E-state index in [-0.39, 0.29) is 18.0 Å². The summed E-state index contributed by atoms with van der Waals surface area (Å²) in [7, 11) is 0. The highest BCUT2D eigenvalue weighted by molar-refractivity contribution is 7.19.